The smallest absolute Gasteiger partial charge is 0.297 e. The number of amides is 1. The number of carbonyl (C=O) groups is 1. The van der Waals surface area contributed by atoms with Gasteiger partial charge < -0.3 is 9.32 Å². The van der Waals surface area contributed by atoms with Crippen molar-refractivity contribution in [1.29, 1.82) is 0 Å². The average Bonchev–Trinajstić information content (AvgIpc) is 2.77. The summed E-state index contributed by atoms with van der Waals surface area (Å²) in [5.74, 6) is -0.664. The van der Waals surface area contributed by atoms with E-state index in [0.717, 1.165) is 25.9 Å². The summed E-state index contributed by atoms with van der Waals surface area (Å²) >= 11 is 0. The second-order valence-corrected chi connectivity index (χ2v) is 3.44. The second kappa shape index (κ2) is 6.12. The van der Waals surface area contributed by atoms with Gasteiger partial charge in [0.2, 0.25) is 0 Å². The number of carbonyl (C=O) groups excluding carboxylic acids is 1. The Balaban J connectivity index is 2.76. The van der Waals surface area contributed by atoms with Crippen LogP contribution in [0.2, 0.25) is 0 Å². The summed E-state index contributed by atoms with van der Waals surface area (Å²) in [5, 5.41) is 8.45. The molecule has 0 bridgehead atoms. The molecular weight excluding hydrogens is 210 g/mol. The number of nitrogens with zero attached hydrogens (tertiary/aromatic N) is 2. The molecule has 2 N–H and O–H groups in total. The summed E-state index contributed by atoms with van der Waals surface area (Å²) in [5.41, 5.74) is 1.60. The Morgan fingerprint density at radius 3 is 2.62 bits per heavy atom. The van der Waals surface area contributed by atoms with E-state index in [-0.39, 0.29) is 5.69 Å². The van der Waals surface area contributed by atoms with E-state index in [1.54, 1.807) is 0 Å². The maximum Gasteiger partial charge on any atom is 0.297 e. The molecule has 1 heterocycles. The fraction of sp³-hybridized carbons (Fsp3) is 0.600. The van der Waals surface area contributed by atoms with Crippen molar-refractivity contribution in [2.24, 2.45) is 0 Å². The summed E-state index contributed by atoms with van der Waals surface area (Å²) in [4.78, 5) is 17.0. The van der Waals surface area contributed by atoms with Gasteiger partial charge in [0.05, 0.1) is 0 Å². The van der Waals surface area contributed by atoms with Crippen molar-refractivity contribution in [3.63, 3.8) is 0 Å². The number of rotatable bonds is 6. The lowest BCUT2D eigenvalue weighted by Crippen LogP contribution is -2.25. The topological polar surface area (TPSA) is 78.6 Å². The maximum absolute atomic E-state index is 11.1. The van der Waals surface area contributed by atoms with Crippen molar-refractivity contribution in [2.45, 2.75) is 26.7 Å². The lowest BCUT2D eigenvalue weighted by atomic mass is 10.4. The van der Waals surface area contributed by atoms with Gasteiger partial charge >= 0.3 is 0 Å². The Hall–Kier alpha value is -1.56. The highest BCUT2D eigenvalue weighted by molar-refractivity contribution is 5.91. The summed E-state index contributed by atoms with van der Waals surface area (Å²) in [6.45, 7) is 5.78. The van der Waals surface area contributed by atoms with Crippen LogP contribution in [0.4, 0.5) is 6.01 Å². The van der Waals surface area contributed by atoms with Crippen LogP contribution in [-0.2, 0) is 0 Å². The van der Waals surface area contributed by atoms with Crippen molar-refractivity contribution >= 4 is 11.9 Å². The number of hydroxylamine groups is 1. The predicted octanol–water partition coefficient (Wildman–Crippen LogP) is 1.42. The number of aromatic nitrogens is 1. The van der Waals surface area contributed by atoms with Crippen LogP contribution in [0.15, 0.2) is 10.7 Å². The monoisotopic (exact) mass is 227 g/mol. The molecule has 0 radical (unpaired) electrons. The van der Waals surface area contributed by atoms with Crippen LogP contribution in [0, 0.1) is 0 Å². The van der Waals surface area contributed by atoms with Crippen molar-refractivity contribution in [3.05, 3.63) is 12.0 Å². The molecule has 0 aromatic carbocycles. The maximum atomic E-state index is 11.1. The molecule has 6 heteroatoms. The van der Waals surface area contributed by atoms with Crippen LogP contribution in [0.5, 0.6) is 0 Å². The van der Waals surface area contributed by atoms with E-state index >= 15 is 0 Å². The number of nitrogens with one attached hydrogen (secondary N) is 1. The molecule has 0 saturated carbocycles. The lowest BCUT2D eigenvalue weighted by molar-refractivity contribution is 0.0700. The van der Waals surface area contributed by atoms with E-state index < -0.39 is 5.91 Å². The van der Waals surface area contributed by atoms with E-state index in [1.807, 2.05) is 4.90 Å². The molecule has 90 valence electrons. The first kappa shape index (κ1) is 12.5. The molecule has 1 aromatic heterocycles. The normalized spacial score (nSPS) is 10.2. The molecule has 16 heavy (non-hydrogen) atoms. The first-order valence-corrected chi connectivity index (χ1v) is 5.37. The van der Waals surface area contributed by atoms with Crippen LogP contribution >= 0.6 is 0 Å². The predicted molar refractivity (Wildman–Crippen MR) is 58.6 cm³/mol. The molecule has 0 aliphatic heterocycles. The number of anilines is 1. The molecule has 1 rings (SSSR count). The van der Waals surface area contributed by atoms with Gasteiger partial charge in [-0.25, -0.2) is 5.48 Å². The quantitative estimate of drug-likeness (QED) is 0.567. The summed E-state index contributed by atoms with van der Waals surface area (Å²) in [7, 11) is 0. The zero-order valence-electron chi connectivity index (χ0n) is 9.56. The SMILES string of the molecule is CCCN(CCC)c1nc(C(=O)NO)co1. The van der Waals surface area contributed by atoms with E-state index in [1.165, 1.54) is 11.7 Å². The molecule has 0 aliphatic rings. The molecular formula is C10H17N3O3. The Labute approximate surface area is 94.2 Å². The zero-order valence-corrected chi connectivity index (χ0v) is 9.56. The van der Waals surface area contributed by atoms with Gasteiger partial charge in [-0.1, -0.05) is 13.8 Å². The largest absolute Gasteiger partial charge is 0.431 e. The highest BCUT2D eigenvalue weighted by Gasteiger charge is 2.15. The van der Waals surface area contributed by atoms with E-state index in [0.29, 0.717) is 6.01 Å². The van der Waals surface area contributed by atoms with Crippen molar-refractivity contribution in [2.75, 3.05) is 18.0 Å². The molecule has 0 aliphatic carbocycles. The minimum absolute atomic E-state index is 0.0784. The van der Waals surface area contributed by atoms with Gasteiger partial charge in [-0.3, -0.25) is 10.0 Å². The molecule has 0 fully saturated rings. The second-order valence-electron chi connectivity index (χ2n) is 3.44. The number of oxazole rings is 1. The summed E-state index contributed by atoms with van der Waals surface area (Å²) in [6.07, 6.45) is 3.19. The first-order chi connectivity index (χ1) is 7.72. The summed E-state index contributed by atoms with van der Waals surface area (Å²) in [6, 6.07) is 0.419. The highest BCUT2D eigenvalue weighted by atomic mass is 16.5. The van der Waals surface area contributed by atoms with Crippen LogP contribution in [0.3, 0.4) is 0 Å². The highest BCUT2D eigenvalue weighted by Crippen LogP contribution is 2.14. The Morgan fingerprint density at radius 1 is 1.50 bits per heavy atom. The Kier molecular flexibility index (Phi) is 4.78. The fourth-order valence-corrected chi connectivity index (χ4v) is 1.41. The minimum Gasteiger partial charge on any atom is -0.431 e. The molecule has 0 saturated heterocycles. The molecule has 0 atom stereocenters. The van der Waals surface area contributed by atoms with Gasteiger partial charge in [-0.2, -0.15) is 4.98 Å². The first-order valence-electron chi connectivity index (χ1n) is 5.37. The molecule has 6 nitrogen and oxygen atoms in total. The van der Waals surface area contributed by atoms with Crippen LogP contribution in [0.25, 0.3) is 0 Å². The molecule has 0 unspecified atom stereocenters. The third-order valence-corrected chi connectivity index (χ3v) is 2.08. The third-order valence-electron chi connectivity index (χ3n) is 2.08. The van der Waals surface area contributed by atoms with Gasteiger partial charge in [0, 0.05) is 13.1 Å². The van der Waals surface area contributed by atoms with E-state index in [9.17, 15) is 4.79 Å². The van der Waals surface area contributed by atoms with Gasteiger partial charge in [0.1, 0.15) is 6.26 Å². The van der Waals surface area contributed by atoms with Crippen molar-refractivity contribution < 1.29 is 14.4 Å². The number of hydrogen-bond acceptors (Lipinski definition) is 5. The zero-order chi connectivity index (χ0) is 12.0. The number of hydrogen-bond donors (Lipinski definition) is 2. The van der Waals surface area contributed by atoms with Gasteiger partial charge in [0.15, 0.2) is 5.69 Å². The Morgan fingerprint density at radius 2 is 2.12 bits per heavy atom. The van der Waals surface area contributed by atoms with Gasteiger partial charge in [0.25, 0.3) is 11.9 Å². The van der Waals surface area contributed by atoms with Gasteiger partial charge in [-0.05, 0) is 12.8 Å². The van der Waals surface area contributed by atoms with Gasteiger partial charge in [-0.15, -0.1) is 0 Å². The van der Waals surface area contributed by atoms with E-state index in [2.05, 4.69) is 18.8 Å². The fourth-order valence-electron chi connectivity index (χ4n) is 1.41. The van der Waals surface area contributed by atoms with Crippen LogP contribution < -0.4 is 10.4 Å². The van der Waals surface area contributed by atoms with Crippen LogP contribution in [0.1, 0.15) is 37.2 Å². The molecule has 1 aromatic rings. The molecule has 1 amide bonds. The summed E-state index contributed by atoms with van der Waals surface area (Å²) < 4.78 is 5.20. The van der Waals surface area contributed by atoms with Crippen molar-refractivity contribution in [3.8, 4) is 0 Å². The van der Waals surface area contributed by atoms with Crippen molar-refractivity contribution in [1.82, 2.24) is 10.5 Å². The minimum atomic E-state index is -0.664. The molecule has 0 spiro atoms. The third kappa shape index (κ3) is 2.96. The average molecular weight is 227 g/mol. The van der Waals surface area contributed by atoms with Crippen LogP contribution in [-0.4, -0.2) is 29.2 Å². The van der Waals surface area contributed by atoms with E-state index in [4.69, 9.17) is 9.62 Å². The Bertz CT molecular complexity index is 332. The lowest BCUT2D eigenvalue weighted by Gasteiger charge is -2.18. The standard InChI is InChI=1S/C10H17N3O3/c1-3-5-13(6-4-2)10-11-8(7-16-10)9(14)12-15/h7,15H,3-6H2,1-2H3,(H,12,14).